The molecular weight excluding hydrogens is 927 g/mol. The standard InChI is InChI=1S/C69H43N7/c1-3-17-44(18-4-1)67-70-68(45-19-5-2-6-20-45)72-69(71-67)46-31-33-47(34-32-46)73-59-26-12-11-25-55(59)56-38-37-50(43-64(56)73)76-65-41-48(74-60-27-13-7-21-51(60)52-22-8-14-28-61(52)74)35-39-57(65)58-40-36-49(42-66(58)76)75-62-29-15-9-23-53(62)54-24-10-16-30-63(54)75/h1-43H. The van der Waals surface area contributed by atoms with Crippen LogP contribution in [0.5, 0.6) is 0 Å². The van der Waals surface area contributed by atoms with Crippen LogP contribution in [-0.4, -0.2) is 33.2 Å². The first-order chi connectivity index (χ1) is 37.7. The van der Waals surface area contributed by atoms with E-state index in [0.29, 0.717) is 17.5 Å². The molecule has 0 N–H and O–H groups in total. The number of nitrogens with zero attached hydrogens (tertiary/aromatic N) is 7. The van der Waals surface area contributed by atoms with E-state index in [1.165, 1.54) is 65.2 Å². The summed E-state index contributed by atoms with van der Waals surface area (Å²) in [5, 5.41) is 9.70. The summed E-state index contributed by atoms with van der Waals surface area (Å²) in [7, 11) is 0. The maximum Gasteiger partial charge on any atom is 0.164 e. The summed E-state index contributed by atoms with van der Waals surface area (Å²) in [5.41, 5.74) is 16.3. The van der Waals surface area contributed by atoms with Crippen molar-refractivity contribution in [1.82, 2.24) is 33.2 Å². The van der Waals surface area contributed by atoms with E-state index in [9.17, 15) is 0 Å². The van der Waals surface area contributed by atoms with Crippen LogP contribution < -0.4 is 0 Å². The molecule has 0 aliphatic heterocycles. The molecule has 0 aliphatic rings. The molecule has 0 fully saturated rings. The van der Waals surface area contributed by atoms with Gasteiger partial charge in [-0.1, -0.05) is 170 Å². The predicted octanol–water partition coefficient (Wildman–Crippen LogP) is 17.3. The first kappa shape index (κ1) is 42.2. The predicted molar refractivity (Wildman–Crippen MR) is 313 cm³/mol. The highest BCUT2D eigenvalue weighted by molar-refractivity contribution is 6.15. The maximum absolute atomic E-state index is 5.05. The van der Waals surface area contributed by atoms with Gasteiger partial charge in [0.1, 0.15) is 0 Å². The monoisotopic (exact) mass is 969 g/mol. The quantitative estimate of drug-likeness (QED) is 0.160. The molecule has 0 amide bonds. The van der Waals surface area contributed by atoms with Gasteiger partial charge in [-0.25, -0.2) is 15.0 Å². The molecule has 0 saturated carbocycles. The lowest BCUT2D eigenvalue weighted by Gasteiger charge is -2.14. The molecule has 0 atom stereocenters. The molecule has 0 bridgehead atoms. The third-order valence-electron chi connectivity index (χ3n) is 15.4. The normalized spacial score (nSPS) is 11.9. The molecule has 5 heterocycles. The van der Waals surface area contributed by atoms with Gasteiger partial charge < -0.3 is 18.3 Å². The van der Waals surface area contributed by atoms with Crippen LogP contribution in [-0.2, 0) is 0 Å². The highest BCUT2D eigenvalue weighted by Crippen LogP contribution is 2.41. The van der Waals surface area contributed by atoms with Crippen LogP contribution in [0.2, 0.25) is 0 Å². The van der Waals surface area contributed by atoms with Crippen molar-refractivity contribution in [2.75, 3.05) is 0 Å². The number of rotatable bonds is 7. The van der Waals surface area contributed by atoms with Crippen molar-refractivity contribution in [3.05, 3.63) is 261 Å². The van der Waals surface area contributed by atoms with E-state index in [1.807, 2.05) is 60.7 Å². The minimum absolute atomic E-state index is 0.621. The zero-order chi connectivity index (χ0) is 49.8. The maximum atomic E-state index is 5.05. The van der Waals surface area contributed by atoms with Gasteiger partial charge in [0, 0.05) is 82.5 Å². The van der Waals surface area contributed by atoms with Crippen LogP contribution in [0, 0.1) is 0 Å². The molecule has 5 aromatic heterocycles. The fourth-order valence-corrected chi connectivity index (χ4v) is 12.0. The first-order valence-corrected chi connectivity index (χ1v) is 25.8. The van der Waals surface area contributed by atoms with Crippen molar-refractivity contribution in [3.63, 3.8) is 0 Å². The zero-order valence-electron chi connectivity index (χ0n) is 41.0. The summed E-state index contributed by atoms with van der Waals surface area (Å²) in [5.74, 6) is 1.89. The van der Waals surface area contributed by atoms with Gasteiger partial charge in [-0.15, -0.1) is 0 Å². The van der Waals surface area contributed by atoms with Gasteiger partial charge >= 0.3 is 0 Å². The molecule has 16 rings (SSSR count). The Balaban J connectivity index is 0.916. The molecule has 0 radical (unpaired) electrons. The Kier molecular flexibility index (Phi) is 9.20. The fraction of sp³-hybridized carbons (Fsp3) is 0. The lowest BCUT2D eigenvalue weighted by atomic mass is 10.1. The molecule has 0 saturated heterocycles. The number of fused-ring (bicyclic) bond motifs is 12. The van der Waals surface area contributed by atoms with Crippen molar-refractivity contribution in [2.24, 2.45) is 0 Å². The molecule has 7 nitrogen and oxygen atoms in total. The van der Waals surface area contributed by atoms with E-state index in [0.717, 1.165) is 61.5 Å². The summed E-state index contributed by atoms with van der Waals surface area (Å²) in [6.45, 7) is 0. The van der Waals surface area contributed by atoms with Gasteiger partial charge in [0.25, 0.3) is 0 Å². The number of hydrogen-bond acceptors (Lipinski definition) is 3. The third-order valence-corrected chi connectivity index (χ3v) is 15.4. The van der Waals surface area contributed by atoms with E-state index < -0.39 is 0 Å². The average Bonchev–Trinajstić information content (AvgIpc) is 4.29. The fourth-order valence-electron chi connectivity index (χ4n) is 12.0. The third kappa shape index (κ3) is 6.39. The van der Waals surface area contributed by atoms with Crippen molar-refractivity contribution in [3.8, 4) is 56.9 Å². The molecule has 0 unspecified atom stereocenters. The zero-order valence-corrected chi connectivity index (χ0v) is 41.0. The largest absolute Gasteiger partial charge is 0.309 e. The van der Waals surface area contributed by atoms with Gasteiger partial charge in [-0.3, -0.25) is 0 Å². The molecule has 0 aliphatic carbocycles. The van der Waals surface area contributed by atoms with Crippen LogP contribution in [0.15, 0.2) is 261 Å². The number of aromatic nitrogens is 7. The van der Waals surface area contributed by atoms with Gasteiger partial charge in [-0.2, -0.15) is 0 Å². The van der Waals surface area contributed by atoms with E-state index in [4.69, 9.17) is 15.0 Å². The van der Waals surface area contributed by atoms with Crippen LogP contribution >= 0.6 is 0 Å². The smallest absolute Gasteiger partial charge is 0.164 e. The lowest BCUT2D eigenvalue weighted by molar-refractivity contribution is 1.07. The van der Waals surface area contributed by atoms with Crippen molar-refractivity contribution < 1.29 is 0 Å². The molecule has 354 valence electrons. The van der Waals surface area contributed by atoms with Gasteiger partial charge in [0.15, 0.2) is 17.5 Å². The lowest BCUT2D eigenvalue weighted by Crippen LogP contribution is -2.01. The van der Waals surface area contributed by atoms with E-state index in [1.54, 1.807) is 0 Å². The Hall–Kier alpha value is -10.4. The second-order valence-electron chi connectivity index (χ2n) is 19.6. The second kappa shape index (κ2) is 16.6. The van der Waals surface area contributed by atoms with E-state index in [-0.39, 0.29) is 0 Å². The number of para-hydroxylation sites is 5. The Morgan fingerprint density at radius 2 is 0.421 bits per heavy atom. The minimum Gasteiger partial charge on any atom is -0.309 e. The number of hydrogen-bond donors (Lipinski definition) is 0. The molecule has 11 aromatic carbocycles. The highest BCUT2D eigenvalue weighted by Gasteiger charge is 2.21. The van der Waals surface area contributed by atoms with Crippen molar-refractivity contribution >= 4 is 87.2 Å². The summed E-state index contributed by atoms with van der Waals surface area (Å²) in [4.78, 5) is 15.0. The van der Waals surface area contributed by atoms with Crippen molar-refractivity contribution in [1.29, 1.82) is 0 Å². The summed E-state index contributed by atoms with van der Waals surface area (Å²) >= 11 is 0. The first-order valence-electron chi connectivity index (χ1n) is 25.8. The SMILES string of the molecule is c1ccc(-c2nc(-c3ccccc3)nc(-c3ccc(-n4c5ccccc5c5ccc(-n6c7cc(-n8c9ccccc9c9ccccc98)ccc7c7ccc(-n8c9ccccc9c9ccccc98)cc76)cc54)cc3)n2)cc1. The van der Waals surface area contributed by atoms with Gasteiger partial charge in [0.2, 0.25) is 0 Å². The summed E-state index contributed by atoms with van der Waals surface area (Å²) in [6, 6.07) is 93.6. The Labute approximate surface area is 436 Å². The number of benzene rings is 11. The summed E-state index contributed by atoms with van der Waals surface area (Å²) < 4.78 is 9.72. The highest BCUT2D eigenvalue weighted by atomic mass is 15.1. The molecule has 16 aromatic rings. The molecular formula is C69H43N7. The Bertz CT molecular complexity index is 4650. The van der Waals surface area contributed by atoms with Crippen LogP contribution in [0.3, 0.4) is 0 Å². The average molecular weight is 970 g/mol. The molecule has 7 heteroatoms. The van der Waals surface area contributed by atoms with E-state index >= 15 is 0 Å². The summed E-state index contributed by atoms with van der Waals surface area (Å²) in [6.07, 6.45) is 0. The van der Waals surface area contributed by atoms with Crippen LogP contribution in [0.25, 0.3) is 144 Å². The van der Waals surface area contributed by atoms with Gasteiger partial charge in [0.05, 0.1) is 44.1 Å². The van der Waals surface area contributed by atoms with E-state index in [2.05, 4.69) is 218 Å². The second-order valence-corrected chi connectivity index (χ2v) is 19.6. The molecule has 76 heavy (non-hydrogen) atoms. The van der Waals surface area contributed by atoms with Crippen LogP contribution in [0.4, 0.5) is 0 Å². The molecule has 0 spiro atoms. The minimum atomic E-state index is 0.621. The Morgan fingerprint density at radius 1 is 0.184 bits per heavy atom. The van der Waals surface area contributed by atoms with Crippen molar-refractivity contribution in [2.45, 2.75) is 0 Å². The van der Waals surface area contributed by atoms with Crippen LogP contribution in [0.1, 0.15) is 0 Å². The topological polar surface area (TPSA) is 58.4 Å². The van der Waals surface area contributed by atoms with Gasteiger partial charge in [-0.05, 0) is 91.0 Å². The Morgan fingerprint density at radius 3 is 0.750 bits per heavy atom.